The van der Waals surface area contributed by atoms with Crippen molar-refractivity contribution in [2.24, 2.45) is 5.73 Å². The predicted octanol–water partition coefficient (Wildman–Crippen LogP) is 5.04. The molecule has 0 aliphatic carbocycles. The Bertz CT molecular complexity index is 865. The van der Waals surface area contributed by atoms with Crippen molar-refractivity contribution in [1.29, 1.82) is 0 Å². The monoisotopic (exact) mass is 331 g/mol. The molecule has 0 bridgehead atoms. The fourth-order valence-electron chi connectivity index (χ4n) is 2.47. The van der Waals surface area contributed by atoms with Gasteiger partial charge in [0.15, 0.2) is 17.5 Å². The van der Waals surface area contributed by atoms with E-state index in [1.165, 1.54) is 12.1 Å². The summed E-state index contributed by atoms with van der Waals surface area (Å²) in [5, 5.41) is 0. The maximum absolute atomic E-state index is 14.4. The van der Waals surface area contributed by atoms with Crippen LogP contribution in [0.15, 0.2) is 54.6 Å². The predicted molar refractivity (Wildman–Crippen MR) is 85.0 cm³/mol. The van der Waals surface area contributed by atoms with Crippen molar-refractivity contribution in [2.75, 3.05) is 0 Å². The van der Waals surface area contributed by atoms with Gasteiger partial charge in [0.25, 0.3) is 0 Å². The minimum Gasteiger partial charge on any atom is -0.326 e. The fourth-order valence-corrected chi connectivity index (χ4v) is 2.47. The summed E-state index contributed by atoms with van der Waals surface area (Å²) < 4.78 is 54.0. The molecule has 0 aliphatic rings. The van der Waals surface area contributed by atoms with E-state index in [4.69, 9.17) is 5.73 Å². The summed E-state index contributed by atoms with van der Waals surface area (Å²) >= 11 is 0. The Morgan fingerprint density at radius 3 is 1.71 bits per heavy atom. The van der Waals surface area contributed by atoms with Crippen LogP contribution in [0.4, 0.5) is 17.6 Å². The Morgan fingerprint density at radius 1 is 0.625 bits per heavy atom. The zero-order valence-corrected chi connectivity index (χ0v) is 12.5. The first-order valence-corrected chi connectivity index (χ1v) is 7.23. The fraction of sp³-hybridized carbons (Fsp3) is 0.0526. The zero-order valence-electron chi connectivity index (χ0n) is 12.5. The second-order valence-corrected chi connectivity index (χ2v) is 5.35. The zero-order chi connectivity index (χ0) is 17.3. The Hall–Kier alpha value is -2.66. The number of hydrogen-bond donors (Lipinski definition) is 1. The van der Waals surface area contributed by atoms with Gasteiger partial charge in [0.1, 0.15) is 5.82 Å². The highest BCUT2D eigenvalue weighted by molar-refractivity contribution is 5.71. The smallest absolute Gasteiger partial charge is 0.194 e. The molecule has 0 aliphatic heterocycles. The molecule has 1 nitrogen and oxygen atoms in total. The average molecular weight is 331 g/mol. The van der Waals surface area contributed by atoms with Gasteiger partial charge in [-0.3, -0.25) is 0 Å². The van der Waals surface area contributed by atoms with Crippen LogP contribution in [0, 0.1) is 23.3 Å². The molecule has 0 atom stereocenters. The molecule has 0 unspecified atom stereocenters. The third-order valence-electron chi connectivity index (χ3n) is 3.79. The normalized spacial score (nSPS) is 10.9. The average Bonchev–Trinajstić information content (AvgIpc) is 2.59. The van der Waals surface area contributed by atoms with Crippen LogP contribution < -0.4 is 5.73 Å². The van der Waals surface area contributed by atoms with Gasteiger partial charge in [-0.15, -0.1) is 0 Å². The minimum absolute atomic E-state index is 0.00451. The molecule has 2 N–H and O–H groups in total. The van der Waals surface area contributed by atoms with Gasteiger partial charge in [-0.25, -0.2) is 17.6 Å². The van der Waals surface area contributed by atoms with Crippen LogP contribution in [0.2, 0.25) is 0 Å². The van der Waals surface area contributed by atoms with E-state index in [1.54, 1.807) is 6.07 Å². The summed E-state index contributed by atoms with van der Waals surface area (Å²) in [6.07, 6.45) is 0. The molecule has 122 valence electrons. The van der Waals surface area contributed by atoms with Crippen molar-refractivity contribution in [3.05, 3.63) is 83.4 Å². The van der Waals surface area contributed by atoms with Gasteiger partial charge >= 0.3 is 0 Å². The quantitative estimate of drug-likeness (QED) is 0.528. The number of halogens is 4. The Morgan fingerprint density at radius 2 is 1.17 bits per heavy atom. The van der Waals surface area contributed by atoms with Crippen LogP contribution in [-0.2, 0) is 6.54 Å². The third-order valence-corrected chi connectivity index (χ3v) is 3.79. The third kappa shape index (κ3) is 3.03. The van der Waals surface area contributed by atoms with E-state index in [2.05, 4.69) is 0 Å². The Balaban J connectivity index is 2.00. The molecule has 0 fully saturated rings. The first kappa shape index (κ1) is 16.2. The second kappa shape index (κ2) is 6.45. The van der Waals surface area contributed by atoms with Crippen molar-refractivity contribution in [1.82, 2.24) is 0 Å². The largest absolute Gasteiger partial charge is 0.326 e. The summed E-state index contributed by atoms with van der Waals surface area (Å²) in [7, 11) is 0. The maximum Gasteiger partial charge on any atom is 0.194 e. The summed E-state index contributed by atoms with van der Waals surface area (Å²) in [6.45, 7) is 0.412. The first-order chi connectivity index (χ1) is 11.5. The van der Waals surface area contributed by atoms with Gasteiger partial charge < -0.3 is 5.73 Å². The highest BCUT2D eigenvalue weighted by atomic mass is 19.2. The lowest BCUT2D eigenvalue weighted by atomic mass is 9.98. The highest BCUT2D eigenvalue weighted by Gasteiger charge is 2.14. The molecule has 3 aromatic rings. The van der Waals surface area contributed by atoms with Crippen molar-refractivity contribution < 1.29 is 17.6 Å². The summed E-state index contributed by atoms with van der Waals surface area (Å²) in [5.41, 5.74) is 7.82. The van der Waals surface area contributed by atoms with Crippen LogP contribution >= 0.6 is 0 Å². The molecular weight excluding hydrogens is 318 g/mol. The molecule has 24 heavy (non-hydrogen) atoms. The molecule has 5 heteroatoms. The van der Waals surface area contributed by atoms with Crippen molar-refractivity contribution in [2.45, 2.75) is 6.54 Å². The topological polar surface area (TPSA) is 26.0 Å². The van der Waals surface area contributed by atoms with E-state index >= 15 is 0 Å². The Labute approximate surface area is 136 Å². The maximum atomic E-state index is 14.4. The van der Waals surface area contributed by atoms with E-state index in [0.29, 0.717) is 12.1 Å². The van der Waals surface area contributed by atoms with Crippen molar-refractivity contribution in [3.8, 4) is 22.3 Å². The standard InChI is InChI=1S/C19H13F4N/c20-16-7-13(12-3-1-11(10-24)2-4-12)5-6-15(16)14-8-17(21)19(23)18(22)9-14/h1-9H,10,24H2. The lowest BCUT2D eigenvalue weighted by Gasteiger charge is -2.08. The van der Waals surface area contributed by atoms with Gasteiger partial charge in [0.2, 0.25) is 0 Å². The molecule has 0 spiro atoms. The van der Waals surface area contributed by atoms with Gasteiger partial charge in [0.05, 0.1) is 0 Å². The molecule has 0 heterocycles. The number of nitrogens with two attached hydrogens (primary N) is 1. The molecule has 0 amide bonds. The summed E-state index contributed by atoms with van der Waals surface area (Å²) in [6, 6.07) is 13.2. The molecule has 3 aromatic carbocycles. The van der Waals surface area contributed by atoms with Crippen LogP contribution in [0.25, 0.3) is 22.3 Å². The first-order valence-electron chi connectivity index (χ1n) is 7.23. The van der Waals surface area contributed by atoms with Crippen LogP contribution in [0.3, 0.4) is 0 Å². The van der Waals surface area contributed by atoms with E-state index in [9.17, 15) is 17.6 Å². The minimum atomic E-state index is -1.57. The van der Waals surface area contributed by atoms with E-state index in [1.807, 2.05) is 24.3 Å². The molecule has 0 saturated carbocycles. The molecule has 0 saturated heterocycles. The Kier molecular flexibility index (Phi) is 4.36. The lowest BCUT2D eigenvalue weighted by molar-refractivity contribution is 0.447. The summed E-state index contributed by atoms with van der Waals surface area (Å²) in [4.78, 5) is 0. The van der Waals surface area contributed by atoms with Crippen molar-refractivity contribution in [3.63, 3.8) is 0 Å². The van der Waals surface area contributed by atoms with Gasteiger partial charge in [-0.05, 0) is 40.5 Å². The number of benzene rings is 3. The van der Waals surface area contributed by atoms with Crippen LogP contribution in [0.5, 0.6) is 0 Å². The lowest BCUT2D eigenvalue weighted by Crippen LogP contribution is -1.95. The second-order valence-electron chi connectivity index (χ2n) is 5.35. The molecule has 3 rings (SSSR count). The van der Waals surface area contributed by atoms with Gasteiger partial charge in [0, 0.05) is 12.1 Å². The van der Waals surface area contributed by atoms with Gasteiger partial charge in [-0.1, -0.05) is 36.4 Å². The SMILES string of the molecule is NCc1ccc(-c2ccc(-c3cc(F)c(F)c(F)c3)c(F)c2)cc1. The molecular formula is C19H13F4N. The van der Waals surface area contributed by atoms with Crippen LogP contribution in [0.1, 0.15) is 5.56 Å². The van der Waals surface area contributed by atoms with E-state index < -0.39 is 23.3 Å². The van der Waals surface area contributed by atoms with Gasteiger partial charge in [-0.2, -0.15) is 0 Å². The molecule has 0 aromatic heterocycles. The van der Waals surface area contributed by atoms with Crippen molar-refractivity contribution >= 4 is 0 Å². The molecule has 0 radical (unpaired) electrons. The van der Waals surface area contributed by atoms with E-state index in [-0.39, 0.29) is 11.1 Å². The summed E-state index contributed by atoms with van der Waals surface area (Å²) in [5.74, 6) is -4.94. The van der Waals surface area contributed by atoms with Crippen LogP contribution in [-0.4, -0.2) is 0 Å². The number of rotatable bonds is 3. The number of hydrogen-bond acceptors (Lipinski definition) is 1. The highest BCUT2D eigenvalue weighted by Crippen LogP contribution is 2.30. The van der Waals surface area contributed by atoms with E-state index in [0.717, 1.165) is 23.3 Å².